The SMILES string of the molecule is C[Si](C)OC(c1ccc2cc(Br)ccc2c1)C(C)(C)C. The van der Waals surface area contributed by atoms with Gasteiger partial charge in [0, 0.05) is 4.47 Å². The van der Waals surface area contributed by atoms with Gasteiger partial charge in [0.15, 0.2) is 0 Å². The molecule has 0 aliphatic rings. The van der Waals surface area contributed by atoms with E-state index >= 15 is 0 Å². The van der Waals surface area contributed by atoms with Gasteiger partial charge in [-0.3, -0.25) is 0 Å². The van der Waals surface area contributed by atoms with Gasteiger partial charge in [0.05, 0.1) is 6.10 Å². The van der Waals surface area contributed by atoms with E-state index in [1.165, 1.54) is 16.3 Å². The van der Waals surface area contributed by atoms with Gasteiger partial charge in [-0.25, -0.2) is 0 Å². The minimum atomic E-state index is -0.730. The second-order valence-electron chi connectivity index (χ2n) is 6.52. The van der Waals surface area contributed by atoms with E-state index in [1.807, 2.05) is 0 Å². The highest BCUT2D eigenvalue weighted by Crippen LogP contribution is 2.37. The third kappa shape index (κ3) is 3.71. The first-order chi connectivity index (χ1) is 9.27. The number of hydrogen-bond donors (Lipinski definition) is 0. The van der Waals surface area contributed by atoms with Crippen LogP contribution in [0.1, 0.15) is 32.4 Å². The van der Waals surface area contributed by atoms with Crippen LogP contribution in [-0.4, -0.2) is 9.04 Å². The van der Waals surface area contributed by atoms with Crippen molar-refractivity contribution in [3.05, 3.63) is 46.4 Å². The molecule has 20 heavy (non-hydrogen) atoms. The fourth-order valence-electron chi connectivity index (χ4n) is 2.38. The molecule has 0 bridgehead atoms. The van der Waals surface area contributed by atoms with Crippen LogP contribution in [0.25, 0.3) is 10.8 Å². The van der Waals surface area contributed by atoms with Gasteiger partial charge in [-0.05, 0) is 53.0 Å². The molecule has 0 saturated heterocycles. The lowest BCUT2D eigenvalue weighted by molar-refractivity contribution is 0.0867. The Morgan fingerprint density at radius 3 is 2.20 bits per heavy atom. The maximum Gasteiger partial charge on any atom is 0.205 e. The molecule has 2 aromatic rings. The molecule has 1 nitrogen and oxygen atoms in total. The Hall–Kier alpha value is -0.643. The van der Waals surface area contributed by atoms with E-state index < -0.39 is 9.04 Å². The molecule has 0 spiro atoms. The Bertz CT molecular complexity index is 601. The van der Waals surface area contributed by atoms with Crippen molar-refractivity contribution in [2.24, 2.45) is 5.41 Å². The average molecular weight is 350 g/mol. The van der Waals surface area contributed by atoms with Crippen molar-refractivity contribution in [1.29, 1.82) is 0 Å². The summed E-state index contributed by atoms with van der Waals surface area (Å²) in [5, 5.41) is 2.53. The van der Waals surface area contributed by atoms with Crippen LogP contribution < -0.4 is 0 Å². The van der Waals surface area contributed by atoms with Gasteiger partial charge < -0.3 is 4.43 Å². The molecule has 0 heterocycles. The fraction of sp³-hybridized carbons (Fsp3) is 0.412. The van der Waals surface area contributed by atoms with Gasteiger partial charge in [-0.2, -0.15) is 0 Å². The molecule has 0 amide bonds. The van der Waals surface area contributed by atoms with Crippen molar-refractivity contribution in [3.8, 4) is 0 Å². The molecule has 1 radical (unpaired) electrons. The van der Waals surface area contributed by atoms with Crippen molar-refractivity contribution < 1.29 is 4.43 Å². The average Bonchev–Trinajstić information content (AvgIpc) is 2.34. The maximum atomic E-state index is 6.27. The molecule has 0 aromatic heterocycles. The van der Waals surface area contributed by atoms with Crippen LogP contribution in [0, 0.1) is 5.41 Å². The smallest absolute Gasteiger partial charge is 0.205 e. The highest BCUT2D eigenvalue weighted by atomic mass is 79.9. The van der Waals surface area contributed by atoms with Gasteiger partial charge in [-0.1, -0.05) is 54.9 Å². The molecule has 2 aromatic carbocycles. The van der Waals surface area contributed by atoms with Gasteiger partial charge >= 0.3 is 0 Å². The van der Waals surface area contributed by atoms with Crippen LogP contribution in [0.2, 0.25) is 13.1 Å². The van der Waals surface area contributed by atoms with Crippen molar-refractivity contribution in [2.45, 2.75) is 40.0 Å². The molecule has 107 valence electrons. The molecule has 0 aliphatic carbocycles. The second kappa shape index (κ2) is 6.00. The Morgan fingerprint density at radius 1 is 1.00 bits per heavy atom. The van der Waals surface area contributed by atoms with Crippen LogP contribution in [0.3, 0.4) is 0 Å². The van der Waals surface area contributed by atoms with Gasteiger partial charge in [0.1, 0.15) is 0 Å². The summed E-state index contributed by atoms with van der Waals surface area (Å²) in [6, 6.07) is 13.1. The van der Waals surface area contributed by atoms with Crippen LogP contribution >= 0.6 is 15.9 Å². The predicted octanol–water partition coefficient (Wildman–Crippen LogP) is 5.96. The van der Waals surface area contributed by atoms with E-state index in [4.69, 9.17) is 4.43 Å². The molecule has 0 fully saturated rings. The quantitative estimate of drug-likeness (QED) is 0.621. The van der Waals surface area contributed by atoms with Crippen LogP contribution in [0.15, 0.2) is 40.9 Å². The van der Waals surface area contributed by atoms with Gasteiger partial charge in [0.25, 0.3) is 0 Å². The summed E-state index contributed by atoms with van der Waals surface area (Å²) >= 11 is 3.52. The Kier molecular flexibility index (Phi) is 4.72. The summed E-state index contributed by atoms with van der Waals surface area (Å²) in [6.07, 6.45) is 0.152. The second-order valence-corrected chi connectivity index (χ2v) is 9.49. The Labute approximate surface area is 132 Å². The van der Waals surface area contributed by atoms with E-state index in [-0.39, 0.29) is 11.5 Å². The third-order valence-corrected chi connectivity index (χ3v) is 4.47. The summed E-state index contributed by atoms with van der Waals surface area (Å²) in [5.41, 5.74) is 1.38. The summed E-state index contributed by atoms with van der Waals surface area (Å²) in [4.78, 5) is 0. The van der Waals surface area contributed by atoms with Gasteiger partial charge in [0.2, 0.25) is 9.04 Å². The zero-order valence-corrected chi connectivity index (χ0v) is 15.4. The van der Waals surface area contributed by atoms with E-state index in [0.717, 1.165) is 4.47 Å². The lowest BCUT2D eigenvalue weighted by atomic mass is 9.84. The maximum absolute atomic E-state index is 6.27. The number of hydrogen-bond acceptors (Lipinski definition) is 1. The molecular weight excluding hydrogens is 328 g/mol. The normalized spacial score (nSPS) is 13.9. The van der Waals surface area contributed by atoms with Crippen LogP contribution in [-0.2, 0) is 4.43 Å². The van der Waals surface area contributed by atoms with Crippen molar-refractivity contribution >= 4 is 35.7 Å². The molecule has 0 N–H and O–H groups in total. The highest BCUT2D eigenvalue weighted by molar-refractivity contribution is 9.10. The van der Waals surface area contributed by atoms with E-state index in [1.54, 1.807) is 0 Å². The topological polar surface area (TPSA) is 9.23 Å². The predicted molar refractivity (Wildman–Crippen MR) is 92.4 cm³/mol. The van der Waals surface area contributed by atoms with Gasteiger partial charge in [-0.15, -0.1) is 0 Å². The largest absolute Gasteiger partial charge is 0.410 e. The molecule has 3 heteroatoms. The summed E-state index contributed by atoms with van der Waals surface area (Å²) < 4.78 is 7.39. The zero-order chi connectivity index (χ0) is 14.9. The molecule has 0 saturated carbocycles. The van der Waals surface area contributed by atoms with E-state index in [0.29, 0.717) is 0 Å². The summed E-state index contributed by atoms with van der Waals surface area (Å²) in [7, 11) is -0.730. The molecule has 1 unspecified atom stereocenters. The molecule has 1 atom stereocenters. The molecular formula is C17H22BrOSi. The van der Waals surface area contributed by atoms with Crippen molar-refractivity contribution in [1.82, 2.24) is 0 Å². The number of halogens is 1. The zero-order valence-electron chi connectivity index (χ0n) is 12.8. The van der Waals surface area contributed by atoms with Crippen LogP contribution in [0.5, 0.6) is 0 Å². The molecule has 0 aliphatic heterocycles. The monoisotopic (exact) mass is 349 g/mol. The highest BCUT2D eigenvalue weighted by Gasteiger charge is 2.28. The first kappa shape index (κ1) is 15.7. The van der Waals surface area contributed by atoms with E-state index in [2.05, 4.69) is 86.2 Å². The standard InChI is InChI=1S/C17H22BrOSi/c1-17(2,3)16(19-20(4)5)14-7-6-13-11-15(18)9-8-12(13)10-14/h6-11,16H,1-5H3. The first-order valence-corrected chi connectivity index (χ1v) is 10.1. The Balaban J connectivity index is 2.45. The number of rotatable bonds is 3. The lowest BCUT2D eigenvalue weighted by Crippen LogP contribution is -2.25. The molecule has 2 rings (SSSR count). The van der Waals surface area contributed by atoms with Crippen LogP contribution in [0.4, 0.5) is 0 Å². The minimum Gasteiger partial charge on any atom is -0.410 e. The lowest BCUT2D eigenvalue weighted by Gasteiger charge is -2.33. The summed E-state index contributed by atoms with van der Waals surface area (Å²) in [6.45, 7) is 11.1. The first-order valence-electron chi connectivity index (χ1n) is 6.93. The minimum absolute atomic E-state index is 0.102. The van der Waals surface area contributed by atoms with Crippen molar-refractivity contribution in [2.75, 3.05) is 0 Å². The summed E-state index contributed by atoms with van der Waals surface area (Å²) in [5.74, 6) is 0. The Morgan fingerprint density at radius 2 is 1.60 bits per heavy atom. The van der Waals surface area contributed by atoms with Crippen molar-refractivity contribution in [3.63, 3.8) is 0 Å². The van der Waals surface area contributed by atoms with E-state index in [9.17, 15) is 0 Å². The number of benzene rings is 2. The third-order valence-electron chi connectivity index (χ3n) is 3.27. The fourth-order valence-corrected chi connectivity index (χ4v) is 3.72. The number of fused-ring (bicyclic) bond motifs is 1.